The Bertz CT molecular complexity index is 734. The van der Waals surface area contributed by atoms with Crippen molar-refractivity contribution in [3.8, 4) is 11.8 Å². The molecular weight excluding hydrogens is 343 g/mol. The minimum absolute atomic E-state index is 0.0165. The zero-order chi connectivity index (χ0) is 17.5. The van der Waals surface area contributed by atoms with Crippen molar-refractivity contribution < 1.29 is 22.7 Å². The van der Waals surface area contributed by atoms with Crippen molar-refractivity contribution in [2.45, 2.75) is 44.1 Å². The Morgan fingerprint density at radius 3 is 2.71 bits per heavy atom. The number of halogens is 4. The third kappa shape index (κ3) is 2.99. The molecule has 1 aromatic rings. The molecule has 0 saturated heterocycles. The number of hydrogen-bond acceptors (Lipinski definition) is 2. The van der Waals surface area contributed by atoms with Crippen molar-refractivity contribution in [2.75, 3.05) is 5.32 Å². The summed E-state index contributed by atoms with van der Waals surface area (Å²) in [5.74, 6) is 4.26. The number of benzene rings is 1. The van der Waals surface area contributed by atoms with E-state index in [2.05, 4.69) is 17.2 Å². The first-order chi connectivity index (χ1) is 11.3. The summed E-state index contributed by atoms with van der Waals surface area (Å²) in [4.78, 5) is 12.2. The van der Waals surface area contributed by atoms with E-state index in [1.54, 1.807) is 6.92 Å². The molecule has 1 amide bonds. The van der Waals surface area contributed by atoms with Crippen molar-refractivity contribution in [3.05, 3.63) is 28.8 Å². The average molecular weight is 358 g/mol. The van der Waals surface area contributed by atoms with E-state index in [9.17, 15) is 18.0 Å². The Kier molecular flexibility index (Phi) is 4.27. The van der Waals surface area contributed by atoms with Crippen molar-refractivity contribution in [3.63, 3.8) is 0 Å². The molecule has 128 valence electrons. The summed E-state index contributed by atoms with van der Waals surface area (Å²) in [7, 11) is 0. The van der Waals surface area contributed by atoms with Crippen LogP contribution in [-0.2, 0) is 15.1 Å². The van der Waals surface area contributed by atoms with Gasteiger partial charge in [0.25, 0.3) is 11.5 Å². The SMILES string of the molecule is CC[C@H]1O[C@@](C#CC2CC2)(C(F)(F)F)c2cc(Cl)ccc2NC1=O. The molecule has 2 atom stereocenters. The van der Waals surface area contributed by atoms with Crippen LogP contribution in [0.15, 0.2) is 18.2 Å². The Hall–Kier alpha value is -1.71. The van der Waals surface area contributed by atoms with Gasteiger partial charge < -0.3 is 10.1 Å². The van der Waals surface area contributed by atoms with Gasteiger partial charge in [0.05, 0.1) is 0 Å². The zero-order valence-corrected chi connectivity index (χ0v) is 13.6. The minimum Gasteiger partial charge on any atom is -0.337 e. The summed E-state index contributed by atoms with van der Waals surface area (Å²) >= 11 is 5.91. The Morgan fingerprint density at radius 1 is 1.42 bits per heavy atom. The maximum absolute atomic E-state index is 14.1. The van der Waals surface area contributed by atoms with Gasteiger partial charge in [0, 0.05) is 22.2 Å². The van der Waals surface area contributed by atoms with E-state index < -0.39 is 23.8 Å². The fraction of sp³-hybridized carbons (Fsp3) is 0.471. The van der Waals surface area contributed by atoms with Crippen LogP contribution in [0.1, 0.15) is 31.7 Å². The maximum atomic E-state index is 14.1. The molecule has 1 fully saturated rings. The van der Waals surface area contributed by atoms with Gasteiger partial charge in [0.1, 0.15) is 6.10 Å². The van der Waals surface area contributed by atoms with Crippen LogP contribution in [0.3, 0.4) is 0 Å². The largest absolute Gasteiger partial charge is 0.433 e. The standard InChI is InChI=1S/C17H15ClF3NO2/c1-2-14-15(23)22-13-6-5-11(18)9-12(13)16(24-14,17(19,20)21)8-7-10-3-4-10/h5-6,9-10,14H,2-4H2,1H3,(H,22,23)/t14-,16-/m1/s1. The number of alkyl halides is 3. The fourth-order valence-electron chi connectivity index (χ4n) is 2.55. The Labute approximate surface area is 142 Å². The van der Waals surface area contributed by atoms with Crippen LogP contribution in [-0.4, -0.2) is 18.2 Å². The predicted octanol–water partition coefficient (Wildman–Crippen LogP) is 4.26. The molecule has 3 rings (SSSR count). The van der Waals surface area contributed by atoms with Crippen LogP contribution in [0, 0.1) is 17.8 Å². The molecule has 0 radical (unpaired) electrons. The van der Waals surface area contributed by atoms with Gasteiger partial charge in [-0.1, -0.05) is 30.4 Å². The van der Waals surface area contributed by atoms with Gasteiger partial charge in [0.2, 0.25) is 0 Å². The molecule has 1 saturated carbocycles. The molecule has 24 heavy (non-hydrogen) atoms. The lowest BCUT2D eigenvalue weighted by Crippen LogP contribution is -2.46. The lowest BCUT2D eigenvalue weighted by molar-refractivity contribution is -0.268. The quantitative estimate of drug-likeness (QED) is 0.763. The van der Waals surface area contributed by atoms with E-state index >= 15 is 0 Å². The molecule has 3 nitrogen and oxygen atoms in total. The summed E-state index contributed by atoms with van der Waals surface area (Å²) in [6.07, 6.45) is -4.44. The van der Waals surface area contributed by atoms with E-state index in [4.69, 9.17) is 16.3 Å². The first-order valence-electron chi connectivity index (χ1n) is 7.65. The van der Waals surface area contributed by atoms with Crippen LogP contribution in [0.4, 0.5) is 18.9 Å². The van der Waals surface area contributed by atoms with E-state index in [-0.39, 0.29) is 28.6 Å². The maximum Gasteiger partial charge on any atom is 0.433 e. The molecule has 0 spiro atoms. The second-order valence-electron chi connectivity index (χ2n) is 5.92. The van der Waals surface area contributed by atoms with Gasteiger partial charge >= 0.3 is 6.18 Å². The third-order valence-electron chi connectivity index (χ3n) is 4.03. The lowest BCUT2D eigenvalue weighted by atomic mass is 9.91. The Morgan fingerprint density at radius 2 is 2.12 bits per heavy atom. The molecule has 1 heterocycles. The molecule has 0 bridgehead atoms. The van der Waals surface area contributed by atoms with E-state index in [0.717, 1.165) is 18.9 Å². The van der Waals surface area contributed by atoms with Gasteiger partial charge in [-0.25, -0.2) is 0 Å². The van der Waals surface area contributed by atoms with E-state index in [1.807, 2.05) is 0 Å². The van der Waals surface area contributed by atoms with E-state index in [0.29, 0.717) is 0 Å². The number of rotatable bonds is 1. The number of carbonyl (C=O) groups excluding carboxylic acids is 1. The average Bonchev–Trinajstić information content (AvgIpc) is 3.32. The van der Waals surface area contributed by atoms with Crippen molar-refractivity contribution in [2.24, 2.45) is 5.92 Å². The number of amides is 1. The second kappa shape index (κ2) is 5.98. The van der Waals surface area contributed by atoms with Gasteiger partial charge in [-0.2, -0.15) is 13.2 Å². The zero-order valence-electron chi connectivity index (χ0n) is 12.8. The predicted molar refractivity (Wildman–Crippen MR) is 83.5 cm³/mol. The van der Waals surface area contributed by atoms with Gasteiger partial charge in [-0.15, -0.1) is 0 Å². The number of nitrogens with one attached hydrogen (secondary N) is 1. The number of ether oxygens (including phenoxy) is 1. The van der Waals surface area contributed by atoms with Crippen molar-refractivity contribution in [1.29, 1.82) is 0 Å². The van der Waals surface area contributed by atoms with Gasteiger partial charge in [-0.3, -0.25) is 4.79 Å². The smallest absolute Gasteiger partial charge is 0.337 e. The first-order valence-corrected chi connectivity index (χ1v) is 8.03. The molecule has 2 aliphatic rings. The van der Waals surface area contributed by atoms with Crippen LogP contribution in [0.25, 0.3) is 0 Å². The molecule has 7 heteroatoms. The molecule has 0 aromatic heterocycles. The number of carbonyl (C=O) groups is 1. The molecule has 1 N–H and O–H groups in total. The highest BCUT2D eigenvalue weighted by molar-refractivity contribution is 6.30. The highest BCUT2D eigenvalue weighted by Gasteiger charge is 2.60. The van der Waals surface area contributed by atoms with E-state index in [1.165, 1.54) is 12.1 Å². The molecule has 1 aromatic carbocycles. The monoisotopic (exact) mass is 357 g/mol. The van der Waals surface area contributed by atoms with Crippen molar-refractivity contribution >= 4 is 23.2 Å². The van der Waals surface area contributed by atoms with Crippen molar-refractivity contribution in [1.82, 2.24) is 0 Å². The highest BCUT2D eigenvalue weighted by atomic mass is 35.5. The van der Waals surface area contributed by atoms with Gasteiger partial charge in [-0.05, 0) is 37.5 Å². The lowest BCUT2D eigenvalue weighted by Gasteiger charge is -2.32. The van der Waals surface area contributed by atoms with Crippen LogP contribution >= 0.6 is 11.6 Å². The topological polar surface area (TPSA) is 38.3 Å². The number of anilines is 1. The number of fused-ring (bicyclic) bond motifs is 1. The minimum atomic E-state index is -4.83. The first kappa shape index (κ1) is 17.1. The Balaban J connectivity index is 2.25. The highest BCUT2D eigenvalue weighted by Crippen LogP contribution is 2.48. The van der Waals surface area contributed by atoms with Crippen LogP contribution in [0.5, 0.6) is 0 Å². The summed E-state index contributed by atoms with van der Waals surface area (Å²) in [6, 6.07) is 3.92. The van der Waals surface area contributed by atoms with Crippen LogP contribution < -0.4 is 5.32 Å². The third-order valence-corrected chi connectivity index (χ3v) is 4.27. The van der Waals surface area contributed by atoms with Gasteiger partial charge in [0.15, 0.2) is 0 Å². The summed E-state index contributed by atoms with van der Waals surface area (Å²) < 4.78 is 47.6. The summed E-state index contributed by atoms with van der Waals surface area (Å²) in [5, 5.41) is 2.60. The normalized spacial score (nSPS) is 26.7. The second-order valence-corrected chi connectivity index (χ2v) is 6.35. The number of hydrogen-bond donors (Lipinski definition) is 1. The fourth-order valence-corrected chi connectivity index (χ4v) is 2.72. The molecule has 0 unspecified atom stereocenters. The van der Waals surface area contributed by atoms with Crippen LogP contribution in [0.2, 0.25) is 5.02 Å². The molecular formula is C17H15ClF3NO2. The summed E-state index contributed by atoms with van der Waals surface area (Å²) in [6.45, 7) is 1.59. The summed E-state index contributed by atoms with van der Waals surface area (Å²) in [5.41, 5.74) is -3.14. The molecule has 1 aliphatic heterocycles. The molecule has 1 aliphatic carbocycles.